The van der Waals surface area contributed by atoms with Crippen molar-refractivity contribution >= 4 is 5.97 Å². The van der Waals surface area contributed by atoms with Gasteiger partial charge in [-0.3, -0.25) is 0 Å². The van der Waals surface area contributed by atoms with Crippen molar-refractivity contribution in [2.45, 2.75) is 19.4 Å². The first-order chi connectivity index (χ1) is 14.5. The Kier molecular flexibility index (Phi) is 6.28. The van der Waals surface area contributed by atoms with Crippen LogP contribution in [0.1, 0.15) is 24.0 Å². The van der Waals surface area contributed by atoms with Gasteiger partial charge in [-0.25, -0.2) is 4.79 Å². The first-order valence-corrected chi connectivity index (χ1v) is 9.21. The standard InChI is InChI=1S/C23H22N2O5/c1-14-20(23(26)29-13-15-7-5-4-6-8-15)21(17(12-24)22(25)30-14)16-9-10-18(27-2)19(11-16)28-3/h4-11,21H,13,25H2,1-3H3/t21-/m0/s1. The molecular formula is C23H22N2O5. The predicted octanol–water partition coefficient (Wildman–Crippen LogP) is 3.53. The van der Waals surface area contributed by atoms with E-state index < -0.39 is 11.9 Å². The van der Waals surface area contributed by atoms with Crippen LogP contribution in [0.25, 0.3) is 0 Å². The zero-order valence-electron chi connectivity index (χ0n) is 17.0. The number of allylic oxidation sites excluding steroid dienone is 2. The molecule has 2 N–H and O–H groups in total. The molecule has 0 bridgehead atoms. The molecule has 1 atom stereocenters. The van der Waals surface area contributed by atoms with E-state index in [0.29, 0.717) is 17.1 Å². The van der Waals surface area contributed by atoms with Crippen molar-refractivity contribution in [3.63, 3.8) is 0 Å². The average molecular weight is 406 g/mol. The molecular weight excluding hydrogens is 384 g/mol. The average Bonchev–Trinajstić information content (AvgIpc) is 2.77. The first kappa shape index (κ1) is 20.8. The summed E-state index contributed by atoms with van der Waals surface area (Å²) in [6.45, 7) is 1.71. The van der Waals surface area contributed by atoms with E-state index >= 15 is 0 Å². The number of carbonyl (C=O) groups is 1. The van der Waals surface area contributed by atoms with Crippen LogP contribution in [0.15, 0.2) is 71.3 Å². The number of ether oxygens (including phenoxy) is 4. The molecule has 0 fully saturated rings. The summed E-state index contributed by atoms with van der Waals surface area (Å²) in [5.74, 6) is -0.119. The molecule has 1 aliphatic heterocycles. The fourth-order valence-electron chi connectivity index (χ4n) is 3.31. The molecule has 1 aliphatic rings. The molecule has 1 heterocycles. The van der Waals surface area contributed by atoms with Gasteiger partial charge in [0.15, 0.2) is 11.5 Å². The minimum Gasteiger partial charge on any atom is -0.493 e. The van der Waals surface area contributed by atoms with Gasteiger partial charge in [-0.2, -0.15) is 5.26 Å². The number of nitriles is 1. The zero-order chi connectivity index (χ0) is 21.7. The van der Waals surface area contributed by atoms with Crippen LogP contribution in [0.4, 0.5) is 0 Å². The number of benzene rings is 2. The number of rotatable bonds is 6. The summed E-state index contributed by atoms with van der Waals surface area (Å²) in [7, 11) is 3.04. The Morgan fingerprint density at radius 1 is 1.13 bits per heavy atom. The molecule has 0 radical (unpaired) electrons. The zero-order valence-corrected chi connectivity index (χ0v) is 17.0. The van der Waals surface area contributed by atoms with Crippen molar-refractivity contribution in [2.75, 3.05) is 14.2 Å². The second kappa shape index (κ2) is 9.05. The van der Waals surface area contributed by atoms with E-state index in [2.05, 4.69) is 6.07 Å². The normalized spacial score (nSPS) is 15.9. The van der Waals surface area contributed by atoms with Gasteiger partial charge in [0, 0.05) is 0 Å². The molecule has 2 aromatic carbocycles. The van der Waals surface area contributed by atoms with Crippen LogP contribution in [0, 0.1) is 11.3 Å². The van der Waals surface area contributed by atoms with Crippen molar-refractivity contribution < 1.29 is 23.7 Å². The lowest BCUT2D eigenvalue weighted by molar-refractivity contribution is -0.140. The highest BCUT2D eigenvalue weighted by molar-refractivity contribution is 5.92. The molecule has 0 aliphatic carbocycles. The van der Waals surface area contributed by atoms with Crippen LogP contribution in [-0.2, 0) is 20.9 Å². The highest BCUT2D eigenvalue weighted by Crippen LogP contribution is 2.42. The van der Waals surface area contributed by atoms with Gasteiger partial charge >= 0.3 is 5.97 Å². The molecule has 154 valence electrons. The third-order valence-electron chi connectivity index (χ3n) is 4.78. The molecule has 3 rings (SSSR count). The SMILES string of the molecule is COc1ccc([C@H]2C(C#N)=C(N)OC(C)=C2C(=O)OCc2ccccc2)cc1OC. The van der Waals surface area contributed by atoms with Crippen LogP contribution >= 0.6 is 0 Å². The Balaban J connectivity index is 2.00. The summed E-state index contributed by atoms with van der Waals surface area (Å²) >= 11 is 0. The summed E-state index contributed by atoms with van der Waals surface area (Å²) in [5, 5.41) is 9.72. The highest BCUT2D eigenvalue weighted by atomic mass is 16.5. The number of nitrogens with two attached hydrogens (primary N) is 1. The number of carbonyl (C=O) groups excluding carboxylic acids is 1. The Bertz CT molecular complexity index is 1050. The molecule has 7 heteroatoms. The molecule has 0 amide bonds. The van der Waals surface area contributed by atoms with Crippen molar-refractivity contribution in [1.29, 1.82) is 5.26 Å². The van der Waals surface area contributed by atoms with E-state index in [9.17, 15) is 10.1 Å². The second-order valence-corrected chi connectivity index (χ2v) is 6.57. The predicted molar refractivity (Wildman–Crippen MR) is 109 cm³/mol. The van der Waals surface area contributed by atoms with Gasteiger partial charge in [0.2, 0.25) is 5.88 Å². The summed E-state index contributed by atoms with van der Waals surface area (Å²) in [5.41, 5.74) is 7.76. The molecule has 7 nitrogen and oxygen atoms in total. The monoisotopic (exact) mass is 406 g/mol. The van der Waals surface area contributed by atoms with Crippen LogP contribution in [0.3, 0.4) is 0 Å². The summed E-state index contributed by atoms with van der Waals surface area (Å²) in [6.07, 6.45) is 0. The largest absolute Gasteiger partial charge is 0.493 e. The van der Waals surface area contributed by atoms with E-state index in [-0.39, 0.29) is 29.4 Å². The lowest BCUT2D eigenvalue weighted by Crippen LogP contribution is -2.25. The third kappa shape index (κ3) is 4.08. The number of nitrogens with zero attached hydrogens (tertiary/aromatic N) is 1. The quantitative estimate of drug-likeness (QED) is 0.732. The van der Waals surface area contributed by atoms with Gasteiger partial charge in [-0.15, -0.1) is 0 Å². The highest BCUT2D eigenvalue weighted by Gasteiger charge is 2.36. The van der Waals surface area contributed by atoms with Crippen LogP contribution in [-0.4, -0.2) is 20.2 Å². The van der Waals surface area contributed by atoms with Gasteiger partial charge in [-0.05, 0) is 30.2 Å². The van der Waals surface area contributed by atoms with Crippen LogP contribution < -0.4 is 15.2 Å². The first-order valence-electron chi connectivity index (χ1n) is 9.21. The fourth-order valence-corrected chi connectivity index (χ4v) is 3.31. The maximum absolute atomic E-state index is 13.0. The molecule has 0 unspecified atom stereocenters. The van der Waals surface area contributed by atoms with Crippen molar-refractivity contribution in [1.82, 2.24) is 0 Å². The van der Waals surface area contributed by atoms with Gasteiger partial charge in [0.25, 0.3) is 0 Å². The Hall–Kier alpha value is -3.92. The second-order valence-electron chi connectivity index (χ2n) is 6.57. The van der Waals surface area contributed by atoms with E-state index in [4.69, 9.17) is 24.7 Å². The van der Waals surface area contributed by atoms with Gasteiger partial charge in [0.05, 0.1) is 25.7 Å². The summed E-state index contributed by atoms with van der Waals surface area (Å²) in [4.78, 5) is 13.0. The Morgan fingerprint density at radius 3 is 2.47 bits per heavy atom. The lowest BCUT2D eigenvalue weighted by Gasteiger charge is -2.27. The summed E-state index contributed by atoms with van der Waals surface area (Å²) in [6, 6.07) is 16.5. The smallest absolute Gasteiger partial charge is 0.338 e. The topological polar surface area (TPSA) is 104 Å². The summed E-state index contributed by atoms with van der Waals surface area (Å²) < 4.78 is 21.7. The molecule has 0 saturated heterocycles. The molecule has 0 saturated carbocycles. The maximum Gasteiger partial charge on any atom is 0.338 e. The van der Waals surface area contributed by atoms with E-state index in [1.165, 1.54) is 14.2 Å². The Morgan fingerprint density at radius 2 is 1.83 bits per heavy atom. The van der Waals surface area contributed by atoms with Gasteiger partial charge in [0.1, 0.15) is 24.0 Å². The molecule has 0 aromatic heterocycles. The lowest BCUT2D eigenvalue weighted by atomic mass is 9.83. The third-order valence-corrected chi connectivity index (χ3v) is 4.78. The van der Waals surface area contributed by atoms with Crippen molar-refractivity contribution in [2.24, 2.45) is 5.73 Å². The molecule has 0 spiro atoms. The number of methoxy groups -OCH3 is 2. The maximum atomic E-state index is 13.0. The molecule has 2 aromatic rings. The molecule has 30 heavy (non-hydrogen) atoms. The van der Waals surface area contributed by atoms with E-state index in [1.807, 2.05) is 30.3 Å². The minimum absolute atomic E-state index is 0.0469. The number of hydrogen-bond donors (Lipinski definition) is 1. The van der Waals surface area contributed by atoms with E-state index in [1.54, 1.807) is 25.1 Å². The van der Waals surface area contributed by atoms with Crippen molar-refractivity contribution in [3.8, 4) is 17.6 Å². The van der Waals surface area contributed by atoms with Gasteiger partial charge < -0.3 is 24.7 Å². The number of esters is 1. The number of hydrogen-bond acceptors (Lipinski definition) is 7. The minimum atomic E-state index is -0.758. The van der Waals surface area contributed by atoms with E-state index in [0.717, 1.165) is 5.56 Å². The van der Waals surface area contributed by atoms with Crippen molar-refractivity contribution in [3.05, 3.63) is 82.4 Å². The van der Waals surface area contributed by atoms with Gasteiger partial charge in [-0.1, -0.05) is 36.4 Å². The van der Waals surface area contributed by atoms with Crippen LogP contribution in [0.2, 0.25) is 0 Å². The van der Waals surface area contributed by atoms with Crippen LogP contribution in [0.5, 0.6) is 11.5 Å². The fraction of sp³-hybridized carbons (Fsp3) is 0.217. The Labute approximate surface area is 174 Å².